The van der Waals surface area contributed by atoms with Crippen LogP contribution in [-0.4, -0.2) is 79.9 Å². The number of amides is 1. The number of aliphatic hydroxyl groups is 3. The van der Waals surface area contributed by atoms with Crippen LogP contribution in [-0.2, 0) is 25.0 Å². The third-order valence-electron chi connectivity index (χ3n) is 4.84. The Labute approximate surface area is 177 Å². The first-order valence-electron chi connectivity index (χ1n) is 9.46. The Morgan fingerprint density at radius 3 is 2.68 bits per heavy atom. The van der Waals surface area contributed by atoms with Gasteiger partial charge in [-0.1, -0.05) is 0 Å². The Bertz CT molecular complexity index is 960. The van der Waals surface area contributed by atoms with Crippen molar-refractivity contribution in [3.8, 4) is 5.75 Å². The van der Waals surface area contributed by atoms with E-state index in [1.54, 1.807) is 24.4 Å². The summed E-state index contributed by atoms with van der Waals surface area (Å²) in [5.41, 5.74) is 1.72. The van der Waals surface area contributed by atoms with E-state index in [0.717, 1.165) is 16.5 Å². The Kier molecular flexibility index (Phi) is 7.35. The number of carbonyl (C=O) groups excluding carboxylic acids is 1. The number of aromatic nitrogens is 1. The summed E-state index contributed by atoms with van der Waals surface area (Å²) >= 11 is 0. The number of benzene rings is 1. The molecule has 1 fully saturated rings. The van der Waals surface area contributed by atoms with Gasteiger partial charge in [0.25, 0.3) is 0 Å². The van der Waals surface area contributed by atoms with Crippen molar-refractivity contribution in [1.82, 2.24) is 10.3 Å². The number of hydrogen-bond donors (Lipinski definition) is 7. The molecule has 1 aromatic heterocycles. The van der Waals surface area contributed by atoms with Gasteiger partial charge in [0.15, 0.2) is 0 Å². The average Bonchev–Trinajstić information content (AvgIpc) is 3.08. The van der Waals surface area contributed by atoms with Crippen molar-refractivity contribution < 1.29 is 48.5 Å². The lowest BCUT2D eigenvalue weighted by molar-refractivity contribution is -0.274. The van der Waals surface area contributed by atoms with Crippen LogP contribution in [0, 0.1) is 0 Å². The molecule has 1 aromatic carbocycles. The van der Waals surface area contributed by atoms with Crippen LogP contribution in [0.5, 0.6) is 5.75 Å². The van der Waals surface area contributed by atoms with Gasteiger partial charge >= 0.3 is 7.82 Å². The number of H-pyrrole nitrogens is 1. The Hall–Kier alpha value is -2.02. The third kappa shape index (κ3) is 5.82. The van der Waals surface area contributed by atoms with Crippen molar-refractivity contribution in [1.29, 1.82) is 0 Å². The summed E-state index contributed by atoms with van der Waals surface area (Å²) in [6.07, 6.45) is -5.62. The van der Waals surface area contributed by atoms with Crippen LogP contribution in [0.25, 0.3) is 10.9 Å². The van der Waals surface area contributed by atoms with Gasteiger partial charge in [0.2, 0.25) is 12.2 Å². The van der Waals surface area contributed by atoms with Crippen LogP contribution in [0.4, 0.5) is 0 Å². The van der Waals surface area contributed by atoms with Crippen LogP contribution >= 0.6 is 7.82 Å². The fourth-order valence-corrected chi connectivity index (χ4v) is 3.95. The van der Waals surface area contributed by atoms with E-state index < -0.39 is 45.1 Å². The molecule has 1 aliphatic rings. The molecule has 7 N–H and O–H groups in total. The first-order chi connectivity index (χ1) is 14.6. The highest BCUT2D eigenvalue weighted by atomic mass is 31.2. The molecule has 0 spiro atoms. The number of nitrogens with one attached hydrogen (secondary N) is 2. The second-order valence-electron chi connectivity index (χ2n) is 7.14. The normalized spacial score (nSPS) is 26.7. The minimum absolute atomic E-state index is 0.139. The predicted octanol–water partition coefficient (Wildman–Crippen LogP) is -0.858. The Balaban J connectivity index is 1.79. The molecular formula is C18H25N2O10P. The molecule has 0 aliphatic carbocycles. The molecule has 31 heavy (non-hydrogen) atoms. The van der Waals surface area contributed by atoms with Crippen LogP contribution in [0.3, 0.4) is 0 Å². The molecule has 0 radical (unpaired) electrons. The highest BCUT2D eigenvalue weighted by Gasteiger charge is 2.48. The topological polar surface area (TPSA) is 191 Å². The summed E-state index contributed by atoms with van der Waals surface area (Å²) in [5.74, 6) is 0.125. The highest BCUT2D eigenvalue weighted by Crippen LogP contribution is 2.41. The van der Waals surface area contributed by atoms with Crippen molar-refractivity contribution >= 4 is 24.6 Å². The molecule has 1 aliphatic heterocycles. The summed E-state index contributed by atoms with van der Waals surface area (Å²) in [4.78, 5) is 32.3. The number of phosphoric ester groups is 1. The van der Waals surface area contributed by atoms with Crippen molar-refractivity contribution in [3.63, 3.8) is 0 Å². The molecule has 0 unspecified atom stereocenters. The van der Waals surface area contributed by atoms with Gasteiger partial charge in [0, 0.05) is 30.6 Å². The predicted molar refractivity (Wildman–Crippen MR) is 106 cm³/mol. The lowest BCUT2D eigenvalue weighted by Crippen LogP contribution is -2.60. The summed E-state index contributed by atoms with van der Waals surface area (Å²) in [6.45, 7) is 1.17. The van der Waals surface area contributed by atoms with Gasteiger partial charge in [0.1, 0.15) is 30.2 Å². The first kappa shape index (κ1) is 23.6. The lowest BCUT2D eigenvalue weighted by Gasteiger charge is -2.41. The Morgan fingerprint density at radius 2 is 2.03 bits per heavy atom. The van der Waals surface area contributed by atoms with Crippen molar-refractivity contribution in [2.45, 2.75) is 44.1 Å². The maximum Gasteiger partial charge on any atom is 0.470 e. The zero-order valence-corrected chi connectivity index (χ0v) is 17.4. The maximum absolute atomic E-state index is 11.2. The average molecular weight is 460 g/mol. The van der Waals surface area contributed by atoms with E-state index >= 15 is 0 Å². The molecule has 2 aromatic rings. The van der Waals surface area contributed by atoms with Crippen molar-refractivity contribution in [2.75, 3.05) is 13.2 Å². The number of aromatic amines is 1. The maximum atomic E-state index is 11.2. The molecule has 12 nitrogen and oxygen atoms in total. The van der Waals surface area contributed by atoms with E-state index in [1.165, 1.54) is 6.92 Å². The van der Waals surface area contributed by atoms with Gasteiger partial charge in [-0.15, -0.1) is 0 Å². The number of fused-ring (bicyclic) bond motifs is 1. The SMILES string of the molecule is CC(=O)NCCc1c[nH]c2ccc(O[C@@H]3O[C@H](CO)[C@@H](O)[C@H](OP(=O)(O)O)[C@H]3O)cc12. The van der Waals surface area contributed by atoms with E-state index in [9.17, 15) is 24.7 Å². The number of rotatable bonds is 8. The lowest BCUT2D eigenvalue weighted by atomic mass is 9.99. The zero-order chi connectivity index (χ0) is 22.8. The van der Waals surface area contributed by atoms with E-state index in [2.05, 4.69) is 14.8 Å². The van der Waals surface area contributed by atoms with E-state index in [1.807, 2.05) is 0 Å². The minimum atomic E-state index is -5.05. The molecule has 5 atom stereocenters. The quantitative estimate of drug-likeness (QED) is 0.244. The van der Waals surface area contributed by atoms with Crippen molar-refractivity contribution in [2.24, 2.45) is 0 Å². The standard InChI is InChI=1S/C18H25N2O10P/c1-9(22)19-5-4-10-7-20-13-3-2-11(6-12(10)13)28-18-16(24)17(30-31(25,26)27)15(23)14(8-21)29-18/h2-3,6-7,14-18,20-21,23-24H,4-5,8H2,1H3,(H,19,22)(H2,25,26,27)/t14-,15-,16-,17+,18-/m1/s1. The number of carbonyl (C=O) groups is 1. The summed E-state index contributed by atoms with van der Waals surface area (Å²) in [7, 11) is -5.05. The van der Waals surface area contributed by atoms with E-state index in [4.69, 9.17) is 19.3 Å². The molecule has 172 valence electrons. The highest BCUT2D eigenvalue weighted by molar-refractivity contribution is 7.46. The molecule has 3 rings (SSSR count). The minimum Gasteiger partial charge on any atom is -0.462 e. The largest absolute Gasteiger partial charge is 0.470 e. The Morgan fingerprint density at radius 1 is 1.29 bits per heavy atom. The van der Waals surface area contributed by atoms with Crippen LogP contribution < -0.4 is 10.1 Å². The van der Waals surface area contributed by atoms with E-state index in [0.29, 0.717) is 13.0 Å². The van der Waals surface area contributed by atoms with E-state index in [-0.39, 0.29) is 11.7 Å². The molecule has 1 saturated heterocycles. The van der Waals surface area contributed by atoms with Gasteiger partial charge in [-0.3, -0.25) is 9.32 Å². The smallest absolute Gasteiger partial charge is 0.462 e. The zero-order valence-electron chi connectivity index (χ0n) is 16.5. The first-order valence-corrected chi connectivity index (χ1v) is 11.0. The molecule has 1 amide bonds. The van der Waals surface area contributed by atoms with Crippen LogP contribution in [0.1, 0.15) is 12.5 Å². The molecular weight excluding hydrogens is 435 g/mol. The number of hydrogen-bond acceptors (Lipinski definition) is 8. The molecule has 13 heteroatoms. The fourth-order valence-electron chi connectivity index (χ4n) is 3.38. The third-order valence-corrected chi connectivity index (χ3v) is 5.36. The molecule has 2 heterocycles. The second-order valence-corrected chi connectivity index (χ2v) is 8.33. The number of aliphatic hydroxyl groups excluding tert-OH is 3. The van der Waals surface area contributed by atoms with Gasteiger partial charge in [0.05, 0.1) is 6.61 Å². The molecule has 0 bridgehead atoms. The van der Waals surface area contributed by atoms with Crippen molar-refractivity contribution in [3.05, 3.63) is 30.0 Å². The van der Waals surface area contributed by atoms with Gasteiger partial charge in [-0.25, -0.2) is 4.57 Å². The summed E-state index contributed by atoms with van der Waals surface area (Å²) < 4.78 is 26.7. The fraction of sp³-hybridized carbons (Fsp3) is 0.500. The summed E-state index contributed by atoms with van der Waals surface area (Å²) in [5, 5.41) is 33.5. The monoisotopic (exact) mass is 460 g/mol. The van der Waals surface area contributed by atoms with Gasteiger partial charge < -0.3 is 44.9 Å². The van der Waals surface area contributed by atoms with Crippen LogP contribution in [0.2, 0.25) is 0 Å². The number of phosphoric acid groups is 1. The molecule has 0 saturated carbocycles. The summed E-state index contributed by atoms with van der Waals surface area (Å²) in [6, 6.07) is 4.98. The van der Waals surface area contributed by atoms with Gasteiger partial charge in [-0.05, 0) is 30.2 Å². The second kappa shape index (κ2) is 9.63. The van der Waals surface area contributed by atoms with Gasteiger partial charge in [-0.2, -0.15) is 0 Å². The van der Waals surface area contributed by atoms with Crippen LogP contribution in [0.15, 0.2) is 24.4 Å². The number of ether oxygens (including phenoxy) is 2.